The zero-order chi connectivity index (χ0) is 35.1. The Labute approximate surface area is 289 Å². The van der Waals surface area contributed by atoms with Crippen LogP contribution in [0, 0.1) is 5.92 Å². The summed E-state index contributed by atoms with van der Waals surface area (Å²) in [4.78, 5) is 32.6. The molecule has 8 rings (SSSR count). The Morgan fingerprint density at radius 1 is 1.08 bits per heavy atom. The third-order valence-electron chi connectivity index (χ3n) is 11.3. The molecule has 4 heterocycles. The summed E-state index contributed by atoms with van der Waals surface area (Å²) in [7, 11) is -1.32. The first-order chi connectivity index (χ1) is 23.8. The zero-order valence-electron chi connectivity index (χ0n) is 28.1. The van der Waals surface area contributed by atoms with E-state index in [0.29, 0.717) is 61.1 Å². The van der Waals surface area contributed by atoms with Crippen molar-refractivity contribution in [2.75, 3.05) is 46.2 Å². The highest BCUT2D eigenvalue weighted by atomic mass is 32.2. The number of benzene rings is 1. The monoisotopic (exact) mass is 714 g/mol. The van der Waals surface area contributed by atoms with Crippen LogP contribution in [0.25, 0.3) is 10.9 Å². The Bertz CT molecular complexity index is 1960. The second kappa shape index (κ2) is 12.3. The highest BCUT2D eigenvalue weighted by molar-refractivity contribution is 7.90. The third-order valence-corrected chi connectivity index (χ3v) is 12.5. The van der Waals surface area contributed by atoms with Crippen molar-refractivity contribution < 1.29 is 40.7 Å². The van der Waals surface area contributed by atoms with E-state index in [0.717, 1.165) is 47.8 Å². The quantitative estimate of drug-likeness (QED) is 0.469. The molecule has 2 saturated heterocycles. The lowest BCUT2D eigenvalue weighted by Crippen LogP contribution is -2.66. The van der Waals surface area contributed by atoms with Crippen LogP contribution in [0.15, 0.2) is 52.6 Å². The number of rotatable bonds is 6. The van der Waals surface area contributed by atoms with Gasteiger partial charge in [0, 0.05) is 36.6 Å². The number of hydrogen-bond donors (Lipinski definition) is 1. The van der Waals surface area contributed by atoms with Gasteiger partial charge in [0.1, 0.15) is 5.75 Å². The average molecular weight is 715 g/mol. The molecule has 0 radical (unpaired) electrons. The summed E-state index contributed by atoms with van der Waals surface area (Å²) >= 11 is 0. The number of fused-ring (bicyclic) bond motifs is 8. The molecule has 1 aromatic heterocycles. The Morgan fingerprint density at radius 3 is 2.48 bits per heavy atom. The van der Waals surface area contributed by atoms with Crippen molar-refractivity contribution in [1.82, 2.24) is 19.1 Å². The van der Waals surface area contributed by atoms with E-state index in [1.165, 1.54) is 6.42 Å². The van der Waals surface area contributed by atoms with Crippen molar-refractivity contribution in [3.63, 3.8) is 0 Å². The van der Waals surface area contributed by atoms with Crippen molar-refractivity contribution in [3.8, 4) is 5.75 Å². The fourth-order valence-electron chi connectivity index (χ4n) is 9.38. The van der Waals surface area contributed by atoms with Crippen LogP contribution in [-0.4, -0.2) is 99.1 Å². The fourth-order valence-corrected chi connectivity index (χ4v) is 10.3. The molecule has 14 heteroatoms. The predicted molar refractivity (Wildman–Crippen MR) is 179 cm³/mol. The molecule has 10 nitrogen and oxygen atoms in total. The Morgan fingerprint density at radius 2 is 1.80 bits per heavy atom. The molecule has 3 aliphatic carbocycles. The van der Waals surface area contributed by atoms with Crippen LogP contribution < -0.4 is 9.46 Å². The zero-order valence-corrected chi connectivity index (χ0v) is 28.9. The number of methoxy groups -OCH3 is 1. The highest BCUT2D eigenvalue weighted by Crippen LogP contribution is 2.55. The van der Waals surface area contributed by atoms with Crippen LogP contribution in [0.4, 0.5) is 13.2 Å². The Kier molecular flexibility index (Phi) is 8.22. The topological polar surface area (TPSA) is 110 Å². The van der Waals surface area contributed by atoms with E-state index in [1.54, 1.807) is 11.8 Å². The number of allylic oxidation sites excluding steroid dienone is 4. The van der Waals surface area contributed by atoms with Gasteiger partial charge in [-0.05, 0) is 66.6 Å². The highest BCUT2D eigenvalue weighted by Gasteiger charge is 2.50. The number of sulfonamides is 1. The van der Waals surface area contributed by atoms with Crippen LogP contribution in [-0.2, 0) is 30.9 Å². The summed E-state index contributed by atoms with van der Waals surface area (Å²) in [5.74, 6) is -3.26. The number of nitrogens with one attached hydrogen (secondary N) is 1. The number of hydrogen-bond acceptors (Lipinski definition) is 7. The van der Waals surface area contributed by atoms with Crippen molar-refractivity contribution >= 4 is 32.7 Å². The molecule has 4 atom stereocenters. The van der Waals surface area contributed by atoms with Gasteiger partial charge in [-0.25, -0.2) is 13.1 Å². The molecule has 50 heavy (non-hydrogen) atoms. The van der Waals surface area contributed by atoms with Crippen LogP contribution in [0.5, 0.6) is 5.75 Å². The van der Waals surface area contributed by atoms with E-state index in [-0.39, 0.29) is 30.1 Å². The minimum Gasteiger partial charge on any atom is -0.496 e. The average Bonchev–Trinajstić information content (AvgIpc) is 3.68. The van der Waals surface area contributed by atoms with E-state index in [1.807, 2.05) is 30.2 Å². The maximum atomic E-state index is 14.8. The molecule has 1 unspecified atom stereocenters. The number of piperazine rings is 1. The summed E-state index contributed by atoms with van der Waals surface area (Å²) in [5, 5.41) is 0.902. The normalized spacial score (nSPS) is 27.1. The van der Waals surface area contributed by atoms with Crippen LogP contribution in [0.3, 0.4) is 0 Å². The summed E-state index contributed by atoms with van der Waals surface area (Å²) in [5.41, 5.74) is 4.92. The van der Waals surface area contributed by atoms with Gasteiger partial charge in [0.25, 0.3) is 5.91 Å². The van der Waals surface area contributed by atoms with E-state index in [9.17, 15) is 31.2 Å². The first-order valence-electron chi connectivity index (χ1n) is 17.4. The standard InChI is InChI=1S/C36H41F3N4O6S/c1-41-14-21-17-49-18-22(15-41)43(21)35(45)25-10-6-9-24-30(25)28-13-26-29(48-2)12-11-23(20-7-4-3-5-8-20)33(26)42(28)16-27-31(24)32(27)34(44)40-50(46,47)19-36(37,38)39/h6,9,11-13,20-22,25,30H,3-5,7-8,10,14-19H2,1-2H3,(H,40,44)/t21-,22+,25-,30?/m1/s1. The molecule has 1 N–H and O–H groups in total. The summed E-state index contributed by atoms with van der Waals surface area (Å²) in [6.07, 6.45) is 4.74. The summed E-state index contributed by atoms with van der Waals surface area (Å²) in [6, 6.07) is 6.00. The van der Waals surface area contributed by atoms with Crippen molar-refractivity contribution in [2.24, 2.45) is 5.92 Å². The van der Waals surface area contributed by atoms with Crippen molar-refractivity contribution in [2.45, 2.75) is 75.2 Å². The van der Waals surface area contributed by atoms with Gasteiger partial charge in [-0.1, -0.05) is 37.5 Å². The number of ether oxygens (including phenoxy) is 2. The lowest BCUT2D eigenvalue weighted by molar-refractivity contribution is -0.159. The minimum atomic E-state index is -5.01. The number of aromatic nitrogens is 1. The number of amides is 2. The summed E-state index contributed by atoms with van der Waals surface area (Å²) < 4.78 is 79.6. The third kappa shape index (κ3) is 5.76. The smallest absolute Gasteiger partial charge is 0.404 e. The number of carbonyl (C=O) groups excluding carboxylic acids is 2. The molecule has 3 fully saturated rings. The van der Waals surface area contributed by atoms with E-state index in [4.69, 9.17) is 9.47 Å². The van der Waals surface area contributed by atoms with Crippen LogP contribution >= 0.6 is 0 Å². The van der Waals surface area contributed by atoms with Gasteiger partial charge < -0.3 is 23.8 Å². The largest absolute Gasteiger partial charge is 0.496 e. The van der Waals surface area contributed by atoms with Gasteiger partial charge in [-0.15, -0.1) is 0 Å². The minimum absolute atomic E-state index is 0.00276. The number of carbonyl (C=O) groups is 2. The van der Waals surface area contributed by atoms with Gasteiger partial charge >= 0.3 is 6.18 Å². The van der Waals surface area contributed by atoms with Crippen molar-refractivity contribution in [1.29, 1.82) is 0 Å². The lowest BCUT2D eigenvalue weighted by Gasteiger charge is -2.50. The van der Waals surface area contributed by atoms with E-state index < -0.39 is 39.7 Å². The van der Waals surface area contributed by atoms with Crippen LogP contribution in [0.2, 0.25) is 0 Å². The van der Waals surface area contributed by atoms with Crippen LogP contribution in [0.1, 0.15) is 61.6 Å². The fraction of sp³-hybridized carbons (Fsp3) is 0.556. The first kappa shape index (κ1) is 33.5. The maximum Gasteiger partial charge on any atom is 0.404 e. The van der Waals surface area contributed by atoms with Gasteiger partial charge in [0.15, 0.2) is 5.75 Å². The SMILES string of the molecule is COc1ccc(C2CCCCC2)c2c1cc1n2CC2=C(C(=O)NS(=O)(=O)CC(F)(F)F)C2=C2C=CC[C@@H](C(=O)N3[C@@H]4COC[C@H]3CN(C)C4)C21. The molecule has 2 amide bonds. The molecule has 268 valence electrons. The Hall–Kier alpha value is -3.62. The molecule has 0 spiro atoms. The molecular formula is C36H41F3N4O6S. The number of morpholine rings is 1. The number of nitrogens with zero attached hydrogens (tertiary/aromatic N) is 3. The van der Waals surface area contributed by atoms with Crippen molar-refractivity contribution in [3.05, 3.63) is 63.9 Å². The predicted octanol–water partition coefficient (Wildman–Crippen LogP) is 4.53. The molecule has 2 aromatic rings. The van der Waals surface area contributed by atoms with Gasteiger partial charge in [-0.2, -0.15) is 13.2 Å². The molecule has 6 aliphatic rings. The van der Waals surface area contributed by atoms with Gasteiger partial charge in [0.05, 0.1) is 49.4 Å². The second-order valence-corrected chi connectivity index (χ2v) is 16.4. The number of likely N-dealkylation sites (N-methyl/N-ethyl adjacent to an activating group) is 1. The lowest BCUT2D eigenvalue weighted by atomic mass is 9.75. The van der Waals surface area contributed by atoms with E-state index in [2.05, 4.69) is 21.6 Å². The molecule has 1 saturated carbocycles. The molecule has 2 bridgehead atoms. The van der Waals surface area contributed by atoms with Gasteiger partial charge in [0.2, 0.25) is 15.9 Å². The number of halogens is 3. The second-order valence-electron chi connectivity index (χ2n) is 14.6. The first-order valence-corrected chi connectivity index (χ1v) is 19.0. The van der Waals surface area contributed by atoms with Gasteiger partial charge in [-0.3, -0.25) is 9.59 Å². The molecule has 1 aromatic carbocycles. The maximum absolute atomic E-state index is 14.8. The van der Waals surface area contributed by atoms with E-state index >= 15 is 0 Å². The summed E-state index contributed by atoms with van der Waals surface area (Å²) in [6.45, 7) is 2.48. The number of alkyl halides is 3. The Balaban J connectivity index is 1.28. The molecular weight excluding hydrogens is 673 g/mol. The molecule has 3 aliphatic heterocycles.